The third-order valence-electron chi connectivity index (χ3n) is 7.13. The van der Waals surface area contributed by atoms with E-state index in [0.717, 1.165) is 16.7 Å². The molecule has 2 aromatic carbocycles. The lowest BCUT2D eigenvalue weighted by Crippen LogP contribution is -2.57. The highest BCUT2D eigenvalue weighted by Gasteiger charge is 2.40. The molecule has 0 spiro atoms. The van der Waals surface area contributed by atoms with Crippen LogP contribution in [0.5, 0.6) is 0 Å². The van der Waals surface area contributed by atoms with E-state index in [0.29, 0.717) is 24.9 Å². The molecule has 2 N–H and O–H groups in total. The maximum absolute atomic E-state index is 13.3. The van der Waals surface area contributed by atoms with Crippen LogP contribution in [0.3, 0.4) is 0 Å². The van der Waals surface area contributed by atoms with Gasteiger partial charge in [-0.05, 0) is 41.7 Å². The zero-order valence-corrected chi connectivity index (χ0v) is 21.2. The summed E-state index contributed by atoms with van der Waals surface area (Å²) in [6.07, 6.45) is 3.30. The Morgan fingerprint density at radius 2 is 1.68 bits per heavy atom. The van der Waals surface area contributed by atoms with E-state index in [1.54, 1.807) is 29.4 Å². The van der Waals surface area contributed by atoms with Gasteiger partial charge in [0.15, 0.2) is 0 Å². The van der Waals surface area contributed by atoms with Crippen molar-refractivity contribution in [3.05, 3.63) is 90.3 Å². The first-order valence-corrected chi connectivity index (χ1v) is 13.1. The molecule has 0 radical (unpaired) electrons. The number of β-amino-alcohol motifs (C(OH)–C–C–N with tert-alkyl or cyclic N) is 1. The normalized spacial score (nSPS) is 23.6. The summed E-state index contributed by atoms with van der Waals surface area (Å²) in [4.78, 5) is 31.7. The summed E-state index contributed by atoms with van der Waals surface area (Å²) < 4.78 is 12.0. The minimum atomic E-state index is -0.771. The van der Waals surface area contributed by atoms with Gasteiger partial charge in [-0.3, -0.25) is 14.6 Å². The van der Waals surface area contributed by atoms with Gasteiger partial charge in [-0.1, -0.05) is 54.6 Å². The summed E-state index contributed by atoms with van der Waals surface area (Å²) in [5.41, 5.74) is 3.84. The first-order chi connectivity index (χ1) is 18.6. The molecule has 1 aromatic heterocycles. The van der Waals surface area contributed by atoms with Gasteiger partial charge in [-0.2, -0.15) is 0 Å². The number of carbonyl (C=O) groups excluding carboxylic acids is 2. The molecule has 3 aromatic rings. The van der Waals surface area contributed by atoms with E-state index in [2.05, 4.69) is 34.6 Å². The molecule has 2 fully saturated rings. The number of amides is 2. The van der Waals surface area contributed by atoms with Crippen LogP contribution in [0.2, 0.25) is 0 Å². The Kier molecular flexibility index (Phi) is 8.43. The highest BCUT2D eigenvalue weighted by Crippen LogP contribution is 2.29. The van der Waals surface area contributed by atoms with Crippen molar-refractivity contribution in [2.75, 3.05) is 19.8 Å². The fraction of sp³-hybridized carbons (Fsp3) is 0.367. The number of pyridine rings is 1. The van der Waals surface area contributed by atoms with E-state index in [-0.39, 0.29) is 56.2 Å². The number of rotatable bonds is 6. The lowest BCUT2D eigenvalue weighted by molar-refractivity contribution is -0.151. The Balaban J connectivity index is 1.16. The molecule has 2 aliphatic heterocycles. The van der Waals surface area contributed by atoms with Gasteiger partial charge in [-0.25, -0.2) is 0 Å². The Labute approximate surface area is 222 Å². The van der Waals surface area contributed by atoms with E-state index in [4.69, 9.17) is 9.47 Å². The molecule has 5 rings (SSSR count). The smallest absolute Gasteiger partial charge is 0.254 e. The predicted octanol–water partition coefficient (Wildman–Crippen LogP) is 3.20. The summed E-state index contributed by atoms with van der Waals surface area (Å²) in [6, 6.07) is 21.4. The van der Waals surface area contributed by atoms with E-state index in [1.165, 1.54) is 0 Å². The number of aromatic nitrogens is 1. The third kappa shape index (κ3) is 6.45. The van der Waals surface area contributed by atoms with Gasteiger partial charge >= 0.3 is 0 Å². The molecule has 2 aliphatic rings. The van der Waals surface area contributed by atoms with Crippen LogP contribution in [0.4, 0.5) is 0 Å². The summed E-state index contributed by atoms with van der Waals surface area (Å²) in [5.74, 6) is -0.242. The van der Waals surface area contributed by atoms with Crippen LogP contribution in [-0.2, 0) is 20.8 Å². The molecule has 0 aliphatic carbocycles. The van der Waals surface area contributed by atoms with Crippen LogP contribution in [0.25, 0.3) is 11.1 Å². The summed E-state index contributed by atoms with van der Waals surface area (Å²) in [5, 5.41) is 13.3. The molecular formula is C30H33N3O5. The lowest BCUT2D eigenvalue weighted by atomic mass is 9.94. The molecule has 2 amide bonds. The molecule has 0 bridgehead atoms. The Morgan fingerprint density at radius 3 is 2.45 bits per heavy atom. The van der Waals surface area contributed by atoms with Crippen molar-refractivity contribution in [2.45, 2.75) is 50.2 Å². The maximum Gasteiger partial charge on any atom is 0.254 e. The van der Waals surface area contributed by atoms with Gasteiger partial charge in [0, 0.05) is 31.0 Å². The lowest BCUT2D eigenvalue weighted by Gasteiger charge is -2.44. The highest BCUT2D eigenvalue weighted by atomic mass is 16.5. The number of aliphatic hydroxyl groups is 1. The third-order valence-corrected chi connectivity index (χ3v) is 7.13. The zero-order valence-electron chi connectivity index (χ0n) is 21.2. The van der Waals surface area contributed by atoms with Crippen molar-refractivity contribution in [1.82, 2.24) is 15.2 Å². The minimum absolute atomic E-state index is 0.0764. The van der Waals surface area contributed by atoms with Crippen molar-refractivity contribution >= 4 is 11.8 Å². The van der Waals surface area contributed by atoms with Crippen molar-refractivity contribution < 1.29 is 24.2 Å². The second-order valence-corrected chi connectivity index (χ2v) is 9.87. The molecule has 0 unspecified atom stereocenters. The second-order valence-electron chi connectivity index (χ2n) is 9.87. The summed E-state index contributed by atoms with van der Waals surface area (Å²) >= 11 is 0. The molecule has 0 saturated carbocycles. The molecule has 38 heavy (non-hydrogen) atoms. The fourth-order valence-corrected chi connectivity index (χ4v) is 5.16. The van der Waals surface area contributed by atoms with Crippen LogP contribution >= 0.6 is 0 Å². The van der Waals surface area contributed by atoms with Gasteiger partial charge in [0.1, 0.15) is 6.10 Å². The first-order valence-electron chi connectivity index (χ1n) is 13.1. The number of carbonyl (C=O) groups is 2. The number of benzene rings is 2. The number of ether oxygens (including phenoxy) is 2. The number of aliphatic hydroxyl groups excluding tert-OH is 1. The maximum atomic E-state index is 13.3. The molecule has 3 heterocycles. The summed E-state index contributed by atoms with van der Waals surface area (Å²) in [7, 11) is 0. The van der Waals surface area contributed by atoms with Crippen LogP contribution in [-0.4, -0.2) is 70.9 Å². The standard InChI is InChI=1S/C30H33N3O5/c34-25-18-33(30(36)24-12-14-31-15-13-24)27-11-10-26(38-28(27)20-37-19-25)16-29(35)32-17-21-6-8-23(9-7-21)22-4-2-1-3-5-22/h1-9,12-15,25-28,34H,10-11,16-20H2,(H,32,35)/t25-,26+,27-,28+/m1/s1. The Hall–Kier alpha value is -3.59. The van der Waals surface area contributed by atoms with Crippen molar-refractivity contribution in [3.8, 4) is 11.1 Å². The number of hydrogen-bond donors (Lipinski definition) is 2. The van der Waals surface area contributed by atoms with Crippen LogP contribution < -0.4 is 5.32 Å². The average molecular weight is 516 g/mol. The quantitative estimate of drug-likeness (QED) is 0.523. The van der Waals surface area contributed by atoms with Gasteiger partial charge in [0.25, 0.3) is 5.91 Å². The SMILES string of the molecule is O=C(C[C@@H]1CC[C@@H]2[C@H](COC[C@H](O)CN2C(=O)c2ccncc2)O1)NCc1ccc(-c2ccccc2)cc1. The molecule has 198 valence electrons. The average Bonchev–Trinajstić information content (AvgIpc) is 2.95. The van der Waals surface area contributed by atoms with Gasteiger partial charge in [0.2, 0.25) is 5.91 Å². The molecule has 4 atom stereocenters. The number of nitrogens with one attached hydrogen (secondary N) is 1. The zero-order chi connectivity index (χ0) is 26.3. The van der Waals surface area contributed by atoms with E-state index < -0.39 is 6.10 Å². The van der Waals surface area contributed by atoms with Crippen molar-refractivity contribution in [1.29, 1.82) is 0 Å². The molecule has 8 nitrogen and oxygen atoms in total. The van der Waals surface area contributed by atoms with Crippen LogP contribution in [0, 0.1) is 0 Å². The second kappa shape index (κ2) is 12.3. The fourth-order valence-electron chi connectivity index (χ4n) is 5.16. The van der Waals surface area contributed by atoms with Gasteiger partial charge < -0.3 is 24.8 Å². The van der Waals surface area contributed by atoms with E-state index in [9.17, 15) is 14.7 Å². The first kappa shape index (κ1) is 26.0. The molecule has 2 saturated heterocycles. The highest BCUT2D eigenvalue weighted by molar-refractivity contribution is 5.94. The van der Waals surface area contributed by atoms with E-state index >= 15 is 0 Å². The van der Waals surface area contributed by atoms with Crippen molar-refractivity contribution in [3.63, 3.8) is 0 Å². The minimum Gasteiger partial charge on any atom is -0.389 e. The Bertz CT molecular complexity index is 1210. The number of hydrogen-bond acceptors (Lipinski definition) is 6. The predicted molar refractivity (Wildman–Crippen MR) is 142 cm³/mol. The monoisotopic (exact) mass is 515 g/mol. The largest absolute Gasteiger partial charge is 0.389 e. The summed E-state index contributed by atoms with van der Waals surface area (Å²) in [6.45, 7) is 0.996. The van der Waals surface area contributed by atoms with Crippen LogP contribution in [0.1, 0.15) is 35.2 Å². The van der Waals surface area contributed by atoms with Gasteiger partial charge in [0.05, 0.1) is 37.9 Å². The van der Waals surface area contributed by atoms with Crippen molar-refractivity contribution in [2.24, 2.45) is 0 Å². The molecule has 8 heteroatoms. The topological polar surface area (TPSA) is 101 Å². The van der Waals surface area contributed by atoms with Crippen LogP contribution in [0.15, 0.2) is 79.1 Å². The van der Waals surface area contributed by atoms with Gasteiger partial charge in [-0.15, -0.1) is 0 Å². The van der Waals surface area contributed by atoms with E-state index in [1.807, 2.05) is 30.3 Å². The molecular weight excluding hydrogens is 482 g/mol. The Morgan fingerprint density at radius 1 is 0.947 bits per heavy atom. The number of nitrogens with zero attached hydrogens (tertiary/aromatic N) is 2. The number of fused-ring (bicyclic) bond motifs is 1.